The van der Waals surface area contributed by atoms with Crippen molar-refractivity contribution in [2.75, 3.05) is 13.1 Å². The van der Waals surface area contributed by atoms with E-state index in [-0.39, 0.29) is 11.8 Å². The van der Waals surface area contributed by atoms with Crippen molar-refractivity contribution in [2.45, 2.75) is 12.3 Å². The maximum atomic E-state index is 9.88. The number of benzene rings is 1. The smallest absolute Gasteiger partial charge is 0.151 e. The summed E-state index contributed by atoms with van der Waals surface area (Å²) in [7, 11) is 0. The van der Waals surface area contributed by atoms with Crippen LogP contribution in [-0.2, 0) is 0 Å². The Morgan fingerprint density at radius 1 is 1.26 bits per heavy atom. The zero-order valence-electron chi connectivity index (χ0n) is 12.5. The second-order valence-corrected chi connectivity index (χ2v) is 6.41. The molecule has 6 heteroatoms. The number of H-pyrrole nitrogens is 1. The molecule has 3 heterocycles. The zero-order chi connectivity index (χ0) is 15.8. The van der Waals surface area contributed by atoms with Gasteiger partial charge in [-0.15, -0.1) is 0 Å². The molecular weight excluding hydrogens is 310 g/mol. The molecule has 3 unspecified atom stereocenters. The molecule has 4 rings (SSSR count). The van der Waals surface area contributed by atoms with E-state index >= 15 is 0 Å². The first kappa shape index (κ1) is 14.4. The number of fused-ring (bicyclic) bond motifs is 1. The second kappa shape index (κ2) is 5.80. The predicted molar refractivity (Wildman–Crippen MR) is 89.1 cm³/mol. The average molecular weight is 326 g/mol. The number of aromatic amines is 1. The number of hydrogen-bond donors (Lipinski definition) is 2. The maximum absolute atomic E-state index is 9.88. The van der Waals surface area contributed by atoms with Gasteiger partial charge in [-0.25, -0.2) is 4.99 Å². The molecule has 0 radical (unpaired) electrons. The molecule has 116 valence electrons. The van der Waals surface area contributed by atoms with Gasteiger partial charge in [-0.2, -0.15) is 10.4 Å². The van der Waals surface area contributed by atoms with Crippen LogP contribution in [0.15, 0.2) is 35.5 Å². The fourth-order valence-corrected chi connectivity index (χ4v) is 3.88. The molecule has 2 N–H and O–H groups in total. The number of aromatic nitrogens is 2. The molecule has 2 aromatic rings. The minimum Gasteiger partial charge on any atom is -0.316 e. The quantitative estimate of drug-likeness (QED) is 0.891. The second-order valence-electron chi connectivity index (χ2n) is 6.01. The van der Waals surface area contributed by atoms with Gasteiger partial charge in [-0.3, -0.25) is 5.10 Å². The lowest BCUT2D eigenvalue weighted by molar-refractivity contribution is 0.649. The fraction of sp³-hybridized carbons (Fsp3) is 0.353. The van der Waals surface area contributed by atoms with E-state index in [1.807, 2.05) is 24.3 Å². The van der Waals surface area contributed by atoms with Crippen LogP contribution in [0.25, 0.3) is 0 Å². The summed E-state index contributed by atoms with van der Waals surface area (Å²) in [5.41, 5.74) is 2.85. The van der Waals surface area contributed by atoms with E-state index < -0.39 is 0 Å². The van der Waals surface area contributed by atoms with Crippen LogP contribution in [0, 0.1) is 23.2 Å². The van der Waals surface area contributed by atoms with Gasteiger partial charge in [0.25, 0.3) is 0 Å². The highest BCUT2D eigenvalue weighted by Crippen LogP contribution is 2.44. The Bertz CT molecular complexity index is 797. The summed E-state index contributed by atoms with van der Waals surface area (Å²) in [6.45, 7) is 1.84. The van der Waals surface area contributed by atoms with Crippen LogP contribution in [0.3, 0.4) is 0 Å². The van der Waals surface area contributed by atoms with Crippen LogP contribution >= 0.6 is 11.6 Å². The van der Waals surface area contributed by atoms with Crippen molar-refractivity contribution in [1.82, 2.24) is 15.5 Å². The Balaban J connectivity index is 1.87. The van der Waals surface area contributed by atoms with Gasteiger partial charge in [-0.05, 0) is 24.6 Å². The molecule has 1 saturated heterocycles. The van der Waals surface area contributed by atoms with Gasteiger partial charge >= 0.3 is 0 Å². The van der Waals surface area contributed by atoms with Crippen molar-refractivity contribution in [2.24, 2.45) is 16.8 Å². The van der Waals surface area contributed by atoms with Crippen LogP contribution in [0.5, 0.6) is 0 Å². The first-order valence-electron chi connectivity index (χ1n) is 7.76. The minimum absolute atomic E-state index is 0.129. The fourth-order valence-electron chi connectivity index (χ4n) is 3.62. The van der Waals surface area contributed by atoms with Gasteiger partial charge in [0.15, 0.2) is 5.82 Å². The van der Waals surface area contributed by atoms with Crippen molar-refractivity contribution in [3.63, 3.8) is 0 Å². The van der Waals surface area contributed by atoms with Crippen LogP contribution in [0.1, 0.15) is 23.5 Å². The average Bonchev–Trinajstić information content (AvgIpc) is 3.25. The summed E-state index contributed by atoms with van der Waals surface area (Å²) < 4.78 is 0. The van der Waals surface area contributed by atoms with Gasteiger partial charge in [0.05, 0.1) is 18.2 Å². The van der Waals surface area contributed by atoms with Crippen molar-refractivity contribution >= 4 is 23.1 Å². The lowest BCUT2D eigenvalue weighted by Crippen LogP contribution is -2.32. The third kappa shape index (κ3) is 2.35. The normalized spacial score (nSPS) is 26.4. The van der Waals surface area contributed by atoms with Gasteiger partial charge in [-0.1, -0.05) is 29.8 Å². The van der Waals surface area contributed by atoms with Crippen LogP contribution in [0.4, 0.5) is 5.82 Å². The van der Waals surface area contributed by atoms with Crippen molar-refractivity contribution < 1.29 is 0 Å². The van der Waals surface area contributed by atoms with Crippen LogP contribution in [0.2, 0.25) is 5.02 Å². The predicted octanol–water partition coefficient (Wildman–Crippen LogP) is 3.03. The number of nitrogens with one attached hydrogen (secondary N) is 2. The van der Waals surface area contributed by atoms with E-state index in [1.165, 1.54) is 0 Å². The molecule has 23 heavy (non-hydrogen) atoms. The number of nitriles is 1. The highest BCUT2D eigenvalue weighted by molar-refractivity contribution is 6.31. The molecule has 0 bridgehead atoms. The Kier molecular flexibility index (Phi) is 3.64. The van der Waals surface area contributed by atoms with Gasteiger partial charge < -0.3 is 5.32 Å². The van der Waals surface area contributed by atoms with E-state index in [9.17, 15) is 5.26 Å². The summed E-state index contributed by atoms with van der Waals surface area (Å²) in [6.07, 6.45) is 2.77. The van der Waals surface area contributed by atoms with E-state index in [0.717, 1.165) is 42.2 Å². The molecule has 2 aliphatic heterocycles. The van der Waals surface area contributed by atoms with E-state index in [1.54, 1.807) is 6.20 Å². The van der Waals surface area contributed by atoms with Crippen LogP contribution in [-0.4, -0.2) is 29.0 Å². The summed E-state index contributed by atoms with van der Waals surface area (Å²) >= 11 is 6.43. The van der Waals surface area contributed by atoms with Gasteiger partial charge in [0.1, 0.15) is 0 Å². The number of hydrogen-bond acceptors (Lipinski definition) is 4. The molecule has 1 aromatic heterocycles. The molecule has 2 aliphatic rings. The third-order valence-electron chi connectivity index (χ3n) is 4.73. The summed E-state index contributed by atoms with van der Waals surface area (Å²) in [6, 6.07) is 10.2. The molecular formula is C17H16ClN5. The van der Waals surface area contributed by atoms with Gasteiger partial charge in [0.2, 0.25) is 0 Å². The lowest BCUT2D eigenvalue weighted by Gasteiger charge is -2.30. The Hall–Kier alpha value is -2.16. The van der Waals surface area contributed by atoms with Crippen molar-refractivity contribution in [3.8, 4) is 6.07 Å². The molecule has 5 nitrogen and oxygen atoms in total. The lowest BCUT2D eigenvalue weighted by atomic mass is 9.74. The Labute approximate surface area is 139 Å². The maximum Gasteiger partial charge on any atom is 0.151 e. The molecule has 0 spiro atoms. The molecule has 1 aromatic carbocycles. The SMILES string of the molecule is N#CC1C(C2CCNC2)=Nc2[nH]ncc2C1c1ccccc1Cl. The first-order valence-corrected chi connectivity index (χ1v) is 8.14. The highest BCUT2D eigenvalue weighted by atomic mass is 35.5. The van der Waals surface area contributed by atoms with Crippen LogP contribution < -0.4 is 5.32 Å². The Morgan fingerprint density at radius 3 is 2.87 bits per heavy atom. The van der Waals surface area contributed by atoms with E-state index in [4.69, 9.17) is 16.6 Å². The Morgan fingerprint density at radius 2 is 2.13 bits per heavy atom. The monoisotopic (exact) mass is 325 g/mol. The molecule has 0 saturated carbocycles. The third-order valence-corrected chi connectivity index (χ3v) is 5.08. The molecule has 3 atom stereocenters. The summed E-state index contributed by atoms with van der Waals surface area (Å²) in [5, 5.41) is 21.0. The molecule has 0 aliphatic carbocycles. The molecule has 1 fully saturated rings. The summed E-state index contributed by atoms with van der Waals surface area (Å²) in [4.78, 5) is 4.74. The first-order chi connectivity index (χ1) is 11.3. The van der Waals surface area contributed by atoms with E-state index in [0.29, 0.717) is 10.9 Å². The van der Waals surface area contributed by atoms with Gasteiger partial charge in [0, 0.05) is 34.7 Å². The largest absolute Gasteiger partial charge is 0.316 e. The number of nitrogens with zero attached hydrogens (tertiary/aromatic N) is 3. The number of rotatable bonds is 2. The van der Waals surface area contributed by atoms with E-state index in [2.05, 4.69) is 21.6 Å². The summed E-state index contributed by atoms with van der Waals surface area (Å²) in [5.74, 6) is 0.602. The number of aliphatic imine (C=N–C) groups is 1. The van der Waals surface area contributed by atoms with Crippen molar-refractivity contribution in [1.29, 1.82) is 5.26 Å². The zero-order valence-corrected chi connectivity index (χ0v) is 13.2. The topological polar surface area (TPSA) is 76.9 Å². The standard InChI is InChI=1S/C17H16ClN5/c18-14-4-2-1-3-11(14)15-12(7-19)16(10-5-6-20-8-10)22-17-13(15)9-21-23-17/h1-4,9-10,12,15,20H,5-6,8H2,(H,21,23). The minimum atomic E-state index is -0.315. The van der Waals surface area contributed by atoms with Crippen molar-refractivity contribution in [3.05, 3.63) is 46.6 Å². The molecule has 0 amide bonds. The number of halogens is 1. The highest BCUT2D eigenvalue weighted by Gasteiger charge is 2.40.